The summed E-state index contributed by atoms with van der Waals surface area (Å²) in [5, 5.41) is 18.3. The van der Waals surface area contributed by atoms with Gasteiger partial charge in [0.05, 0.1) is 0 Å². The van der Waals surface area contributed by atoms with E-state index in [2.05, 4.69) is 30.9 Å². The fourth-order valence-corrected chi connectivity index (χ4v) is 2.52. The van der Waals surface area contributed by atoms with Crippen LogP contribution < -0.4 is 0 Å². The van der Waals surface area contributed by atoms with Gasteiger partial charge >= 0.3 is 5.97 Å². The molecule has 0 radical (unpaired) electrons. The van der Waals surface area contributed by atoms with Gasteiger partial charge < -0.3 is 10.2 Å². The second-order valence-corrected chi connectivity index (χ2v) is 6.24. The first-order chi connectivity index (χ1) is 10.6. The molecule has 0 aromatic rings. The van der Waals surface area contributed by atoms with Crippen LogP contribution in [0.4, 0.5) is 0 Å². The number of carbonyl (C=O) groups is 1. The van der Waals surface area contributed by atoms with Crippen molar-refractivity contribution in [3.8, 4) is 11.8 Å². The van der Waals surface area contributed by atoms with Crippen LogP contribution in [0.1, 0.15) is 71.1 Å². The Morgan fingerprint density at radius 3 is 2.77 bits per heavy atom. The number of carboxylic acids is 1. The molecule has 1 rings (SSSR count). The smallest absolute Gasteiger partial charge is 0.303 e. The van der Waals surface area contributed by atoms with Gasteiger partial charge in [-0.2, -0.15) is 0 Å². The van der Waals surface area contributed by atoms with Crippen LogP contribution >= 0.6 is 0 Å². The molecule has 0 amide bonds. The van der Waals surface area contributed by atoms with Gasteiger partial charge in [0.25, 0.3) is 0 Å². The molecule has 0 aromatic heterocycles. The highest BCUT2D eigenvalue weighted by atomic mass is 16.4. The molecule has 3 nitrogen and oxygen atoms in total. The molecule has 0 aliphatic heterocycles. The Labute approximate surface area is 134 Å². The zero-order valence-corrected chi connectivity index (χ0v) is 13.8. The van der Waals surface area contributed by atoms with Crippen molar-refractivity contribution in [1.82, 2.24) is 0 Å². The number of aliphatic hydroxyl groups excluding tert-OH is 1. The highest BCUT2D eigenvalue weighted by molar-refractivity contribution is 5.66. The number of rotatable bonds is 11. The van der Waals surface area contributed by atoms with E-state index in [4.69, 9.17) is 5.11 Å². The summed E-state index contributed by atoms with van der Waals surface area (Å²) >= 11 is 0. The van der Waals surface area contributed by atoms with Crippen LogP contribution in [0, 0.1) is 23.7 Å². The molecule has 3 heteroatoms. The number of hydrogen-bond acceptors (Lipinski definition) is 2. The van der Waals surface area contributed by atoms with Crippen molar-refractivity contribution in [2.24, 2.45) is 11.8 Å². The van der Waals surface area contributed by atoms with Crippen molar-refractivity contribution < 1.29 is 15.0 Å². The van der Waals surface area contributed by atoms with Crippen LogP contribution in [-0.4, -0.2) is 22.3 Å². The average Bonchev–Trinajstić information content (AvgIpc) is 3.22. The second-order valence-electron chi connectivity index (χ2n) is 6.24. The van der Waals surface area contributed by atoms with E-state index in [1.807, 2.05) is 0 Å². The monoisotopic (exact) mass is 306 g/mol. The predicted octanol–water partition coefficient (Wildman–Crippen LogP) is 4.16. The first-order valence-electron chi connectivity index (χ1n) is 8.69. The van der Waals surface area contributed by atoms with Crippen molar-refractivity contribution in [3.05, 3.63) is 12.2 Å². The summed E-state index contributed by atoms with van der Waals surface area (Å²) in [5.74, 6) is 6.67. The maximum absolute atomic E-state index is 10.4. The van der Waals surface area contributed by atoms with Crippen LogP contribution in [0.5, 0.6) is 0 Å². The minimum atomic E-state index is -0.718. The lowest BCUT2D eigenvalue weighted by molar-refractivity contribution is -0.137. The quantitative estimate of drug-likeness (QED) is 0.342. The first-order valence-corrected chi connectivity index (χ1v) is 8.69. The van der Waals surface area contributed by atoms with E-state index in [-0.39, 0.29) is 6.42 Å². The molecule has 1 fully saturated rings. The van der Waals surface area contributed by atoms with Crippen molar-refractivity contribution in [2.75, 3.05) is 0 Å². The second kappa shape index (κ2) is 11.3. The molecule has 1 saturated carbocycles. The molecule has 0 aromatic carbocycles. The van der Waals surface area contributed by atoms with E-state index in [0.717, 1.165) is 38.5 Å². The normalized spacial score (nSPS) is 21.4. The van der Waals surface area contributed by atoms with Crippen LogP contribution in [0.3, 0.4) is 0 Å². The number of carboxylic acid groups (broad SMARTS) is 1. The third-order valence-electron chi connectivity index (χ3n) is 4.07. The molecule has 0 heterocycles. The van der Waals surface area contributed by atoms with Gasteiger partial charge in [0, 0.05) is 12.3 Å². The summed E-state index contributed by atoms with van der Waals surface area (Å²) in [7, 11) is 0. The van der Waals surface area contributed by atoms with Crippen molar-refractivity contribution in [3.63, 3.8) is 0 Å². The molecule has 22 heavy (non-hydrogen) atoms. The fourth-order valence-electron chi connectivity index (χ4n) is 2.52. The van der Waals surface area contributed by atoms with E-state index in [1.54, 1.807) is 0 Å². The van der Waals surface area contributed by atoms with Crippen LogP contribution in [0.2, 0.25) is 0 Å². The summed E-state index contributed by atoms with van der Waals surface area (Å²) < 4.78 is 0. The summed E-state index contributed by atoms with van der Waals surface area (Å²) in [4.78, 5) is 10.4. The summed E-state index contributed by atoms with van der Waals surface area (Å²) in [6.07, 6.45) is 13.2. The molecule has 0 unspecified atom stereocenters. The number of hydrogen-bond donors (Lipinski definition) is 2. The lowest BCUT2D eigenvalue weighted by Crippen LogP contribution is -2.02. The maximum atomic E-state index is 10.4. The maximum Gasteiger partial charge on any atom is 0.303 e. The number of unbranched alkanes of at least 4 members (excludes halogenated alkanes) is 3. The Bertz CT molecular complexity index is 403. The molecule has 2 N–H and O–H groups in total. The Balaban J connectivity index is 2.02. The zero-order valence-electron chi connectivity index (χ0n) is 13.8. The third kappa shape index (κ3) is 9.63. The number of aliphatic hydroxyl groups is 1. The fraction of sp³-hybridized carbons (Fsp3) is 0.737. The Kier molecular flexibility index (Phi) is 9.66. The van der Waals surface area contributed by atoms with Gasteiger partial charge in [-0.15, -0.1) is 0 Å². The first kappa shape index (κ1) is 18.8. The third-order valence-corrected chi connectivity index (χ3v) is 4.07. The molecule has 0 bridgehead atoms. The number of allylic oxidation sites excluding steroid dienone is 2. The Hall–Kier alpha value is -1.27. The average molecular weight is 306 g/mol. The molecular formula is C19H30O3. The van der Waals surface area contributed by atoms with Gasteiger partial charge in [-0.25, -0.2) is 0 Å². The predicted molar refractivity (Wildman–Crippen MR) is 89.4 cm³/mol. The number of aliphatic carboxylic acids is 1. The van der Waals surface area contributed by atoms with Crippen molar-refractivity contribution >= 4 is 5.97 Å². The van der Waals surface area contributed by atoms with Crippen LogP contribution in [-0.2, 0) is 4.79 Å². The van der Waals surface area contributed by atoms with E-state index in [0.29, 0.717) is 11.8 Å². The van der Waals surface area contributed by atoms with Crippen LogP contribution in [0.15, 0.2) is 12.2 Å². The summed E-state index contributed by atoms with van der Waals surface area (Å²) in [6, 6.07) is 0. The van der Waals surface area contributed by atoms with E-state index < -0.39 is 12.1 Å². The Morgan fingerprint density at radius 2 is 2.05 bits per heavy atom. The zero-order chi connectivity index (χ0) is 16.2. The molecule has 3 atom stereocenters. The lowest BCUT2D eigenvalue weighted by Gasteiger charge is -2.01. The molecule has 1 aliphatic rings. The van der Waals surface area contributed by atoms with E-state index in [9.17, 15) is 9.90 Å². The topological polar surface area (TPSA) is 57.5 Å². The van der Waals surface area contributed by atoms with Crippen LogP contribution in [0.25, 0.3) is 0 Å². The molecule has 0 saturated heterocycles. The van der Waals surface area contributed by atoms with Gasteiger partial charge in [0.15, 0.2) is 0 Å². The van der Waals surface area contributed by atoms with Gasteiger partial charge in [0.1, 0.15) is 6.10 Å². The molecule has 1 aliphatic carbocycles. The van der Waals surface area contributed by atoms with Crippen molar-refractivity contribution in [1.29, 1.82) is 0 Å². The van der Waals surface area contributed by atoms with Gasteiger partial charge in [-0.1, -0.05) is 43.8 Å². The highest BCUT2D eigenvalue weighted by Gasteiger charge is 2.34. The molecular weight excluding hydrogens is 276 g/mol. The summed E-state index contributed by atoms with van der Waals surface area (Å²) in [5.41, 5.74) is 0. The van der Waals surface area contributed by atoms with Gasteiger partial charge in [0.2, 0.25) is 0 Å². The molecule has 124 valence electrons. The van der Waals surface area contributed by atoms with E-state index in [1.165, 1.54) is 19.3 Å². The summed E-state index contributed by atoms with van der Waals surface area (Å²) in [6.45, 7) is 2.16. The largest absolute Gasteiger partial charge is 0.481 e. The van der Waals surface area contributed by atoms with E-state index >= 15 is 0 Å². The standard InChI is InChI=1S/C19H30O3/c1-2-3-7-11-18(20)14-13-17-15-16(17)10-8-5-4-6-9-12-19(21)22/h4-5,16-18,20H,2-3,6-12,15H2,1H3,(H,21,22)/b5-4-/t16-,17+,18+/m1/s1. The van der Waals surface area contributed by atoms with Gasteiger partial charge in [-0.3, -0.25) is 4.79 Å². The van der Waals surface area contributed by atoms with Crippen molar-refractivity contribution in [2.45, 2.75) is 77.2 Å². The minimum Gasteiger partial charge on any atom is -0.481 e. The highest BCUT2D eigenvalue weighted by Crippen LogP contribution is 2.41. The SMILES string of the molecule is CCCCC[C@H](O)C#C[C@H]1C[C@H]1CC/C=C\CCCC(=O)O. The lowest BCUT2D eigenvalue weighted by atomic mass is 10.1. The molecule has 0 spiro atoms. The minimum absolute atomic E-state index is 0.255. The van der Waals surface area contributed by atoms with Gasteiger partial charge in [-0.05, 0) is 50.9 Å². The Morgan fingerprint density at radius 1 is 1.27 bits per heavy atom.